The van der Waals surface area contributed by atoms with Crippen LogP contribution in [0, 0.1) is 10.1 Å². The van der Waals surface area contributed by atoms with Crippen molar-refractivity contribution in [3.8, 4) is 0 Å². The molecule has 14 heavy (non-hydrogen) atoms. The van der Waals surface area contributed by atoms with E-state index in [2.05, 4.69) is 31.9 Å². The first-order valence-electron chi connectivity index (χ1n) is 4.05. The molecule has 0 aromatic heterocycles. The zero-order chi connectivity index (χ0) is 10.7. The van der Waals surface area contributed by atoms with Crippen LogP contribution in [-0.2, 0) is 0 Å². The number of alkyl halides is 2. The first-order valence-corrected chi connectivity index (χ1v) is 5.88. The van der Waals surface area contributed by atoms with Crippen LogP contribution in [0.5, 0.6) is 0 Å². The zero-order valence-corrected chi connectivity index (χ0v) is 10.7. The topological polar surface area (TPSA) is 43.1 Å². The van der Waals surface area contributed by atoms with Crippen molar-refractivity contribution in [3.05, 3.63) is 39.9 Å². The molecule has 5 heteroatoms. The number of nitrogens with zero attached hydrogens (tertiary/aromatic N) is 1. The highest BCUT2D eigenvalue weighted by atomic mass is 79.9. The summed E-state index contributed by atoms with van der Waals surface area (Å²) in [6.45, 7) is 1.94. The van der Waals surface area contributed by atoms with Crippen LogP contribution in [-0.4, -0.2) is 9.75 Å². The fraction of sp³-hybridized carbons (Fsp3) is 0.333. The molecule has 1 aromatic rings. The number of halogens is 2. The minimum absolute atomic E-state index is 0.0518. The van der Waals surface area contributed by atoms with Gasteiger partial charge in [-0.05, 0) is 0 Å². The van der Waals surface area contributed by atoms with E-state index in [-0.39, 0.29) is 20.3 Å². The molecule has 2 unspecified atom stereocenters. The van der Waals surface area contributed by atoms with Crippen molar-refractivity contribution in [2.75, 3.05) is 0 Å². The molecular weight excluding hydrogens is 314 g/mol. The molecule has 76 valence electrons. The Morgan fingerprint density at radius 2 is 1.93 bits per heavy atom. The summed E-state index contributed by atoms with van der Waals surface area (Å²) in [7, 11) is 0. The molecule has 0 radical (unpaired) electrons. The highest BCUT2D eigenvalue weighted by Gasteiger charge is 2.22. The van der Waals surface area contributed by atoms with Gasteiger partial charge in [0.05, 0.1) is 9.75 Å². The lowest BCUT2D eigenvalue weighted by atomic mass is 10.1. The fourth-order valence-corrected chi connectivity index (χ4v) is 1.81. The summed E-state index contributed by atoms with van der Waals surface area (Å²) in [6.07, 6.45) is 0. The second-order valence-electron chi connectivity index (χ2n) is 2.90. The molecule has 0 heterocycles. The summed E-state index contributed by atoms with van der Waals surface area (Å²) in [4.78, 5) is 10.4. The van der Waals surface area contributed by atoms with Crippen LogP contribution in [0.4, 0.5) is 5.69 Å². The Morgan fingerprint density at radius 3 is 2.43 bits per heavy atom. The Balaban J connectivity index is 3.13. The fourth-order valence-electron chi connectivity index (χ4n) is 1.13. The Labute approximate surface area is 98.9 Å². The van der Waals surface area contributed by atoms with Gasteiger partial charge in [0, 0.05) is 16.5 Å². The number of para-hydroxylation sites is 1. The molecule has 0 saturated carbocycles. The van der Waals surface area contributed by atoms with Gasteiger partial charge in [0.25, 0.3) is 5.69 Å². The van der Waals surface area contributed by atoms with Gasteiger partial charge in [-0.1, -0.05) is 57.0 Å². The second kappa shape index (κ2) is 4.89. The number of nitro groups is 1. The normalized spacial score (nSPS) is 14.8. The number of nitro benzene ring substituents is 1. The van der Waals surface area contributed by atoms with Crippen molar-refractivity contribution >= 4 is 37.5 Å². The average molecular weight is 323 g/mol. The van der Waals surface area contributed by atoms with Gasteiger partial charge in [-0.3, -0.25) is 10.1 Å². The standard InChI is InChI=1S/C9H9Br2NO2/c1-6(10)9(11)7-4-2-3-5-8(7)12(13)14/h2-6,9H,1H3. The molecular formula is C9H9Br2NO2. The van der Waals surface area contributed by atoms with Crippen LogP contribution in [0.3, 0.4) is 0 Å². The Hall–Kier alpha value is -0.420. The Bertz CT molecular complexity index is 341. The number of hydrogen-bond acceptors (Lipinski definition) is 2. The van der Waals surface area contributed by atoms with Crippen LogP contribution < -0.4 is 0 Å². The van der Waals surface area contributed by atoms with E-state index in [9.17, 15) is 10.1 Å². The van der Waals surface area contributed by atoms with E-state index in [1.54, 1.807) is 18.2 Å². The van der Waals surface area contributed by atoms with Crippen LogP contribution >= 0.6 is 31.9 Å². The highest BCUT2D eigenvalue weighted by Crippen LogP contribution is 2.35. The van der Waals surface area contributed by atoms with Gasteiger partial charge < -0.3 is 0 Å². The minimum atomic E-state index is -0.362. The van der Waals surface area contributed by atoms with Gasteiger partial charge in [0.1, 0.15) is 0 Å². The molecule has 0 aliphatic carbocycles. The molecule has 0 bridgehead atoms. The highest BCUT2D eigenvalue weighted by molar-refractivity contribution is 9.12. The number of hydrogen-bond donors (Lipinski definition) is 0. The summed E-state index contributed by atoms with van der Waals surface area (Å²) in [5.41, 5.74) is 0.850. The van der Waals surface area contributed by atoms with Crippen molar-refractivity contribution in [2.24, 2.45) is 0 Å². The third-order valence-electron chi connectivity index (χ3n) is 1.83. The molecule has 0 spiro atoms. The first kappa shape index (κ1) is 11.7. The lowest BCUT2D eigenvalue weighted by Crippen LogP contribution is -2.04. The first-order chi connectivity index (χ1) is 6.54. The number of benzene rings is 1. The van der Waals surface area contributed by atoms with E-state index in [0.717, 1.165) is 0 Å². The molecule has 0 saturated heterocycles. The molecule has 0 aliphatic rings. The summed E-state index contributed by atoms with van der Waals surface area (Å²) in [5, 5.41) is 10.7. The van der Waals surface area contributed by atoms with E-state index < -0.39 is 0 Å². The quantitative estimate of drug-likeness (QED) is 0.482. The van der Waals surface area contributed by atoms with Crippen molar-refractivity contribution in [3.63, 3.8) is 0 Å². The molecule has 2 atom stereocenters. The summed E-state index contributed by atoms with van der Waals surface area (Å²) < 4.78 is 0. The van der Waals surface area contributed by atoms with Crippen molar-refractivity contribution in [1.29, 1.82) is 0 Å². The van der Waals surface area contributed by atoms with Gasteiger partial charge in [-0.25, -0.2) is 0 Å². The minimum Gasteiger partial charge on any atom is -0.258 e. The summed E-state index contributed by atoms with van der Waals surface area (Å²) in [6, 6.07) is 6.74. The zero-order valence-electron chi connectivity index (χ0n) is 7.48. The van der Waals surface area contributed by atoms with E-state index in [1.807, 2.05) is 6.92 Å². The summed E-state index contributed by atoms with van der Waals surface area (Å²) in [5.74, 6) is 0. The van der Waals surface area contributed by atoms with Gasteiger partial charge in [-0.2, -0.15) is 0 Å². The molecule has 0 amide bonds. The maximum Gasteiger partial charge on any atom is 0.273 e. The van der Waals surface area contributed by atoms with Crippen LogP contribution in [0.15, 0.2) is 24.3 Å². The predicted octanol–water partition coefficient (Wildman–Crippen LogP) is 3.81. The maximum atomic E-state index is 10.7. The lowest BCUT2D eigenvalue weighted by molar-refractivity contribution is -0.385. The molecule has 1 aromatic carbocycles. The van der Waals surface area contributed by atoms with Gasteiger partial charge in [0.2, 0.25) is 0 Å². The van der Waals surface area contributed by atoms with Crippen LogP contribution in [0.25, 0.3) is 0 Å². The van der Waals surface area contributed by atoms with Gasteiger partial charge in [-0.15, -0.1) is 0 Å². The van der Waals surface area contributed by atoms with Crippen molar-refractivity contribution < 1.29 is 4.92 Å². The number of rotatable bonds is 3. The van der Waals surface area contributed by atoms with Crippen molar-refractivity contribution in [1.82, 2.24) is 0 Å². The third-order valence-corrected chi connectivity index (χ3v) is 4.36. The van der Waals surface area contributed by atoms with Gasteiger partial charge >= 0.3 is 0 Å². The monoisotopic (exact) mass is 321 g/mol. The molecule has 0 N–H and O–H groups in total. The maximum absolute atomic E-state index is 10.7. The molecule has 1 rings (SSSR count). The Kier molecular flexibility index (Phi) is 4.07. The third kappa shape index (κ3) is 2.54. The van der Waals surface area contributed by atoms with Crippen LogP contribution in [0.2, 0.25) is 0 Å². The molecule has 0 fully saturated rings. The largest absolute Gasteiger partial charge is 0.273 e. The van der Waals surface area contributed by atoms with E-state index >= 15 is 0 Å². The average Bonchev–Trinajstić information content (AvgIpc) is 2.16. The van der Waals surface area contributed by atoms with Crippen LogP contribution in [0.1, 0.15) is 17.3 Å². The van der Waals surface area contributed by atoms with E-state index in [0.29, 0.717) is 5.56 Å². The molecule has 0 aliphatic heterocycles. The second-order valence-corrected chi connectivity index (χ2v) is 5.33. The predicted molar refractivity (Wildman–Crippen MR) is 63.2 cm³/mol. The smallest absolute Gasteiger partial charge is 0.258 e. The van der Waals surface area contributed by atoms with E-state index in [1.165, 1.54) is 6.07 Å². The van der Waals surface area contributed by atoms with Crippen molar-refractivity contribution in [2.45, 2.75) is 16.6 Å². The van der Waals surface area contributed by atoms with E-state index in [4.69, 9.17) is 0 Å². The Morgan fingerprint density at radius 1 is 1.36 bits per heavy atom. The SMILES string of the molecule is CC(Br)C(Br)c1ccccc1[N+](=O)[O-]. The molecule has 3 nitrogen and oxygen atoms in total. The summed E-state index contributed by atoms with van der Waals surface area (Å²) >= 11 is 6.81. The lowest BCUT2D eigenvalue weighted by Gasteiger charge is -2.12. The van der Waals surface area contributed by atoms with Gasteiger partial charge in [0.15, 0.2) is 0 Å².